The molecule has 1 fully saturated rings. The maximum Gasteiger partial charge on any atom is 0.0575 e. The lowest BCUT2D eigenvalue weighted by molar-refractivity contribution is 0.0374. The van der Waals surface area contributed by atoms with Crippen LogP contribution in [0.2, 0.25) is 0 Å². The van der Waals surface area contributed by atoms with Crippen molar-refractivity contribution in [2.24, 2.45) is 5.73 Å². The molecule has 0 spiro atoms. The van der Waals surface area contributed by atoms with Crippen LogP contribution in [0.1, 0.15) is 30.9 Å². The molecule has 0 aromatic heterocycles. The Morgan fingerprint density at radius 3 is 2.81 bits per heavy atom. The number of benzene rings is 1. The third-order valence-corrected chi connectivity index (χ3v) is 3.68. The molecular weight excluding hydrogens is 198 g/mol. The molecule has 1 saturated heterocycles. The summed E-state index contributed by atoms with van der Waals surface area (Å²) >= 11 is 0. The second-order valence-electron chi connectivity index (χ2n) is 4.65. The van der Waals surface area contributed by atoms with Crippen LogP contribution >= 0.6 is 0 Å². The van der Waals surface area contributed by atoms with Crippen LogP contribution in [0, 0.1) is 0 Å². The van der Waals surface area contributed by atoms with Crippen LogP contribution in [0.25, 0.3) is 0 Å². The summed E-state index contributed by atoms with van der Waals surface area (Å²) in [5.41, 5.74) is 8.89. The normalized spacial score (nSPS) is 25.6. The summed E-state index contributed by atoms with van der Waals surface area (Å²) in [7, 11) is 0. The van der Waals surface area contributed by atoms with Gasteiger partial charge in [-0.25, -0.2) is 0 Å². The van der Waals surface area contributed by atoms with Crippen molar-refractivity contribution in [3.05, 3.63) is 35.4 Å². The molecule has 1 aromatic rings. The van der Waals surface area contributed by atoms with Crippen molar-refractivity contribution in [2.45, 2.75) is 31.6 Å². The van der Waals surface area contributed by atoms with Gasteiger partial charge in [0.25, 0.3) is 0 Å². The summed E-state index contributed by atoms with van der Waals surface area (Å²) in [6, 6.07) is 8.65. The fourth-order valence-corrected chi connectivity index (χ4v) is 2.68. The van der Waals surface area contributed by atoms with E-state index in [4.69, 9.17) is 10.5 Å². The number of aryl methyl sites for hydroxylation is 1. The lowest BCUT2D eigenvalue weighted by atomic mass is 9.74. The third-order valence-electron chi connectivity index (χ3n) is 3.68. The predicted molar refractivity (Wildman–Crippen MR) is 66.6 cm³/mol. The number of rotatable bonds is 3. The van der Waals surface area contributed by atoms with Crippen molar-refractivity contribution in [1.82, 2.24) is 0 Å². The van der Waals surface area contributed by atoms with Crippen LogP contribution in [0.5, 0.6) is 0 Å². The van der Waals surface area contributed by atoms with E-state index in [0.29, 0.717) is 6.54 Å². The first-order valence-corrected chi connectivity index (χ1v) is 6.18. The maximum absolute atomic E-state index is 6.01. The maximum atomic E-state index is 6.01. The van der Waals surface area contributed by atoms with E-state index in [-0.39, 0.29) is 5.41 Å². The number of hydrogen-bond acceptors (Lipinski definition) is 2. The van der Waals surface area contributed by atoms with E-state index in [0.717, 1.165) is 32.5 Å². The van der Waals surface area contributed by atoms with Gasteiger partial charge >= 0.3 is 0 Å². The highest BCUT2D eigenvalue weighted by Crippen LogP contribution is 2.34. The molecule has 88 valence electrons. The highest BCUT2D eigenvalue weighted by molar-refractivity contribution is 5.35. The average molecular weight is 219 g/mol. The first-order valence-electron chi connectivity index (χ1n) is 6.18. The van der Waals surface area contributed by atoms with Gasteiger partial charge in [-0.05, 0) is 30.4 Å². The minimum atomic E-state index is 0.0604. The van der Waals surface area contributed by atoms with Crippen LogP contribution in [0.3, 0.4) is 0 Å². The van der Waals surface area contributed by atoms with Gasteiger partial charge in [0.2, 0.25) is 0 Å². The van der Waals surface area contributed by atoms with Crippen LogP contribution < -0.4 is 5.73 Å². The smallest absolute Gasteiger partial charge is 0.0575 e. The largest absolute Gasteiger partial charge is 0.380 e. The molecule has 0 bridgehead atoms. The lowest BCUT2D eigenvalue weighted by Gasteiger charge is -2.37. The molecule has 0 saturated carbocycles. The summed E-state index contributed by atoms with van der Waals surface area (Å²) < 4.78 is 5.65. The van der Waals surface area contributed by atoms with E-state index < -0.39 is 0 Å². The molecule has 2 nitrogen and oxygen atoms in total. The molecule has 2 heteroatoms. The molecule has 0 radical (unpaired) electrons. The topological polar surface area (TPSA) is 35.2 Å². The van der Waals surface area contributed by atoms with Crippen LogP contribution in [-0.4, -0.2) is 19.8 Å². The summed E-state index contributed by atoms with van der Waals surface area (Å²) in [5.74, 6) is 0. The first kappa shape index (κ1) is 11.6. The molecule has 0 amide bonds. The molecule has 2 N–H and O–H groups in total. The Hall–Kier alpha value is -0.860. The van der Waals surface area contributed by atoms with Gasteiger partial charge < -0.3 is 10.5 Å². The van der Waals surface area contributed by atoms with Gasteiger partial charge in [-0.1, -0.05) is 31.2 Å². The molecule has 1 aliphatic rings. The number of nitrogens with two attached hydrogens (primary N) is 1. The Morgan fingerprint density at radius 1 is 1.38 bits per heavy atom. The predicted octanol–water partition coefficient (Wildman–Crippen LogP) is 2.26. The molecule has 1 aliphatic heterocycles. The molecule has 2 rings (SSSR count). The third kappa shape index (κ3) is 2.00. The molecule has 1 heterocycles. The highest BCUT2D eigenvalue weighted by Gasteiger charge is 2.34. The van der Waals surface area contributed by atoms with E-state index in [1.54, 1.807) is 0 Å². The highest BCUT2D eigenvalue weighted by atomic mass is 16.5. The molecule has 1 aromatic carbocycles. The SMILES string of the molecule is CCc1ccccc1C1(CN)CCCOC1. The van der Waals surface area contributed by atoms with Crippen molar-refractivity contribution in [1.29, 1.82) is 0 Å². The average Bonchev–Trinajstić information content (AvgIpc) is 2.39. The van der Waals surface area contributed by atoms with Gasteiger partial charge in [0, 0.05) is 18.6 Å². The second kappa shape index (κ2) is 4.98. The van der Waals surface area contributed by atoms with Gasteiger partial charge in [-0.3, -0.25) is 0 Å². The zero-order chi connectivity index (χ0) is 11.4. The monoisotopic (exact) mass is 219 g/mol. The Balaban J connectivity index is 2.38. The van der Waals surface area contributed by atoms with Crippen LogP contribution in [0.15, 0.2) is 24.3 Å². The Bertz CT molecular complexity index is 342. The van der Waals surface area contributed by atoms with Gasteiger partial charge in [0.15, 0.2) is 0 Å². The van der Waals surface area contributed by atoms with E-state index in [9.17, 15) is 0 Å². The molecule has 1 atom stereocenters. The van der Waals surface area contributed by atoms with Crippen LogP contribution in [-0.2, 0) is 16.6 Å². The lowest BCUT2D eigenvalue weighted by Crippen LogP contribution is -2.43. The molecule has 16 heavy (non-hydrogen) atoms. The quantitative estimate of drug-likeness (QED) is 0.846. The van der Waals surface area contributed by atoms with E-state index in [1.807, 2.05) is 0 Å². The standard InChI is InChI=1S/C14H21NO/c1-2-12-6-3-4-7-13(12)14(10-15)8-5-9-16-11-14/h3-4,6-7H,2,5,8-11,15H2,1H3. The zero-order valence-electron chi connectivity index (χ0n) is 10.0. The second-order valence-corrected chi connectivity index (χ2v) is 4.65. The molecule has 0 aliphatic carbocycles. The number of ether oxygens (including phenoxy) is 1. The zero-order valence-corrected chi connectivity index (χ0v) is 10.0. The van der Waals surface area contributed by atoms with Crippen molar-refractivity contribution < 1.29 is 4.74 Å². The van der Waals surface area contributed by atoms with Gasteiger partial charge in [-0.2, -0.15) is 0 Å². The number of hydrogen-bond donors (Lipinski definition) is 1. The van der Waals surface area contributed by atoms with Crippen LogP contribution in [0.4, 0.5) is 0 Å². The van der Waals surface area contributed by atoms with Gasteiger partial charge in [0.05, 0.1) is 6.61 Å². The van der Waals surface area contributed by atoms with Crippen molar-refractivity contribution in [2.75, 3.05) is 19.8 Å². The van der Waals surface area contributed by atoms with Gasteiger partial charge in [-0.15, -0.1) is 0 Å². The van der Waals surface area contributed by atoms with E-state index in [1.165, 1.54) is 11.1 Å². The van der Waals surface area contributed by atoms with Crippen molar-refractivity contribution >= 4 is 0 Å². The minimum absolute atomic E-state index is 0.0604. The fourth-order valence-electron chi connectivity index (χ4n) is 2.68. The molecular formula is C14H21NO. The summed E-state index contributed by atoms with van der Waals surface area (Å²) in [5, 5.41) is 0. The van der Waals surface area contributed by atoms with Crippen molar-refractivity contribution in [3.63, 3.8) is 0 Å². The minimum Gasteiger partial charge on any atom is -0.380 e. The molecule has 1 unspecified atom stereocenters. The first-order chi connectivity index (χ1) is 7.82. The van der Waals surface area contributed by atoms with Crippen molar-refractivity contribution in [3.8, 4) is 0 Å². The van der Waals surface area contributed by atoms with E-state index >= 15 is 0 Å². The Kier molecular flexibility index (Phi) is 3.62. The Labute approximate surface area is 97.8 Å². The summed E-state index contributed by atoms with van der Waals surface area (Å²) in [6.07, 6.45) is 3.34. The van der Waals surface area contributed by atoms with E-state index in [2.05, 4.69) is 31.2 Å². The van der Waals surface area contributed by atoms with Gasteiger partial charge in [0.1, 0.15) is 0 Å². The fraction of sp³-hybridized carbons (Fsp3) is 0.571. The summed E-state index contributed by atoms with van der Waals surface area (Å²) in [4.78, 5) is 0. The summed E-state index contributed by atoms with van der Waals surface area (Å²) in [6.45, 7) is 4.55. The Morgan fingerprint density at radius 2 is 2.19 bits per heavy atom.